The molecule has 6 heteroatoms. The Hall–Kier alpha value is -2.50. The average molecular weight is 342 g/mol. The molecule has 0 fully saturated rings. The lowest BCUT2D eigenvalue weighted by atomic mass is 9.93. The van der Waals surface area contributed by atoms with Gasteiger partial charge in [-0.2, -0.15) is 5.10 Å². The van der Waals surface area contributed by atoms with E-state index in [1.165, 1.54) is 34.2 Å². The lowest BCUT2D eigenvalue weighted by molar-refractivity contribution is 0.316. The van der Waals surface area contributed by atoms with Crippen molar-refractivity contribution in [1.29, 1.82) is 0 Å². The number of fused-ring (bicyclic) bond motifs is 1. The maximum atomic E-state index is 8.79. The van der Waals surface area contributed by atoms with Gasteiger partial charge in [-0.05, 0) is 62.3 Å². The van der Waals surface area contributed by atoms with Crippen molar-refractivity contribution < 1.29 is 9.94 Å². The third-order valence-electron chi connectivity index (χ3n) is 5.17. The van der Waals surface area contributed by atoms with Gasteiger partial charge in [0, 0.05) is 17.7 Å². The van der Waals surface area contributed by atoms with Crippen molar-refractivity contribution in [2.45, 2.75) is 53.0 Å². The Labute approximate surface area is 148 Å². The first-order chi connectivity index (χ1) is 12.0. The molecule has 134 valence electrons. The first-order valence-corrected chi connectivity index (χ1v) is 8.63. The Kier molecular flexibility index (Phi) is 4.70. The maximum Gasteiger partial charge on any atom is 0.160 e. The van der Waals surface area contributed by atoms with Crippen LogP contribution in [0.5, 0.6) is 5.75 Å². The first-order valence-electron chi connectivity index (χ1n) is 8.63. The molecular weight excluding hydrogens is 316 g/mol. The summed E-state index contributed by atoms with van der Waals surface area (Å²) in [5.74, 6) is 1.20. The van der Waals surface area contributed by atoms with E-state index >= 15 is 0 Å². The van der Waals surface area contributed by atoms with Gasteiger partial charge in [0.2, 0.25) is 0 Å². The van der Waals surface area contributed by atoms with Crippen LogP contribution in [-0.4, -0.2) is 27.9 Å². The van der Waals surface area contributed by atoms with Crippen LogP contribution in [0.1, 0.15) is 45.6 Å². The predicted molar refractivity (Wildman–Crippen MR) is 97.7 cm³/mol. The topological polar surface area (TPSA) is 85.7 Å². The number of aromatic nitrogens is 2. The number of rotatable bonds is 5. The molecule has 25 heavy (non-hydrogen) atoms. The van der Waals surface area contributed by atoms with Crippen LogP contribution in [-0.2, 0) is 25.8 Å². The summed E-state index contributed by atoms with van der Waals surface area (Å²) in [6.07, 6.45) is 4.23. The number of oxime groups is 1. The Morgan fingerprint density at radius 3 is 2.72 bits per heavy atom. The molecule has 0 bridgehead atoms. The van der Waals surface area contributed by atoms with Crippen molar-refractivity contribution in [1.82, 2.24) is 9.78 Å². The van der Waals surface area contributed by atoms with Gasteiger partial charge in [-0.25, -0.2) is 0 Å². The van der Waals surface area contributed by atoms with Gasteiger partial charge in [0.1, 0.15) is 12.3 Å². The van der Waals surface area contributed by atoms with Crippen LogP contribution in [0, 0.1) is 20.8 Å². The number of hydrogen-bond acceptors (Lipinski definition) is 4. The van der Waals surface area contributed by atoms with E-state index in [1.807, 2.05) is 13.8 Å². The fourth-order valence-electron chi connectivity index (χ4n) is 3.96. The van der Waals surface area contributed by atoms with E-state index in [9.17, 15) is 0 Å². The summed E-state index contributed by atoms with van der Waals surface area (Å²) in [5.41, 5.74) is 14.3. The number of nitrogens with zero attached hydrogens (tertiary/aromatic N) is 3. The molecule has 1 heterocycles. The van der Waals surface area contributed by atoms with E-state index in [2.05, 4.69) is 23.2 Å². The van der Waals surface area contributed by atoms with Crippen molar-refractivity contribution in [2.75, 3.05) is 7.11 Å². The molecule has 0 saturated carbocycles. The fourth-order valence-corrected chi connectivity index (χ4v) is 3.96. The summed E-state index contributed by atoms with van der Waals surface area (Å²) in [5, 5.41) is 16.4. The van der Waals surface area contributed by atoms with Crippen molar-refractivity contribution in [3.63, 3.8) is 0 Å². The van der Waals surface area contributed by atoms with Gasteiger partial charge in [-0.15, -0.1) is 0 Å². The summed E-state index contributed by atoms with van der Waals surface area (Å²) in [6, 6.07) is 2.25. The summed E-state index contributed by atoms with van der Waals surface area (Å²) in [6.45, 7) is 6.46. The third-order valence-corrected chi connectivity index (χ3v) is 5.17. The zero-order valence-corrected chi connectivity index (χ0v) is 15.4. The van der Waals surface area contributed by atoms with Gasteiger partial charge in [-0.3, -0.25) is 4.68 Å². The highest BCUT2D eigenvalue weighted by Crippen LogP contribution is 2.37. The molecule has 0 amide bonds. The molecule has 0 atom stereocenters. The van der Waals surface area contributed by atoms with E-state index in [0.29, 0.717) is 6.54 Å². The highest BCUT2D eigenvalue weighted by atomic mass is 16.5. The van der Waals surface area contributed by atoms with Gasteiger partial charge in [-0.1, -0.05) is 11.2 Å². The summed E-state index contributed by atoms with van der Waals surface area (Å²) < 4.78 is 7.44. The first kappa shape index (κ1) is 17.3. The lowest BCUT2D eigenvalue weighted by Gasteiger charge is -2.16. The van der Waals surface area contributed by atoms with Gasteiger partial charge >= 0.3 is 0 Å². The number of methoxy groups -OCH3 is 1. The number of benzene rings is 1. The minimum Gasteiger partial charge on any atom is -0.496 e. The minimum absolute atomic E-state index is 0.151. The zero-order chi connectivity index (χ0) is 18.1. The number of aryl methyl sites for hydroxylation is 2. The van der Waals surface area contributed by atoms with Crippen LogP contribution in [0.25, 0.3) is 0 Å². The van der Waals surface area contributed by atoms with Crippen molar-refractivity contribution in [3.05, 3.63) is 45.3 Å². The molecule has 1 aliphatic rings. The number of amidine groups is 1. The van der Waals surface area contributed by atoms with E-state index < -0.39 is 0 Å². The van der Waals surface area contributed by atoms with Crippen LogP contribution in [0.4, 0.5) is 0 Å². The van der Waals surface area contributed by atoms with Gasteiger partial charge < -0.3 is 15.7 Å². The van der Waals surface area contributed by atoms with Gasteiger partial charge in [0.05, 0.1) is 12.8 Å². The number of ether oxygens (including phenoxy) is 1. The predicted octanol–water partition coefficient (Wildman–Crippen LogP) is 2.64. The standard InChI is InChI=1S/C19H26N4O2/c1-11-8-14(15-6-5-7-16(15)19(11)25-4)9-17-12(2)21-23(13(17)3)10-18(20)22-24/h8,24H,5-7,9-10H2,1-4H3,(H2,20,22). The monoisotopic (exact) mass is 342 g/mol. The molecule has 1 aromatic carbocycles. The number of nitrogens with two attached hydrogens (primary N) is 1. The van der Waals surface area contributed by atoms with E-state index in [-0.39, 0.29) is 5.84 Å². The lowest BCUT2D eigenvalue weighted by Crippen LogP contribution is -2.21. The molecule has 0 spiro atoms. The van der Waals surface area contributed by atoms with E-state index in [4.69, 9.17) is 15.7 Å². The summed E-state index contributed by atoms with van der Waals surface area (Å²) in [7, 11) is 1.76. The Bertz CT molecular complexity index is 837. The fraction of sp³-hybridized carbons (Fsp3) is 0.474. The van der Waals surface area contributed by atoms with Crippen LogP contribution >= 0.6 is 0 Å². The highest BCUT2D eigenvalue weighted by molar-refractivity contribution is 5.79. The quantitative estimate of drug-likeness (QED) is 0.378. The molecule has 2 aromatic rings. The second-order valence-corrected chi connectivity index (χ2v) is 6.77. The molecular formula is C19H26N4O2. The van der Waals surface area contributed by atoms with E-state index in [0.717, 1.165) is 36.4 Å². The molecule has 0 aliphatic heterocycles. The second kappa shape index (κ2) is 6.78. The molecule has 3 rings (SSSR count). The van der Waals surface area contributed by atoms with Crippen LogP contribution in [0.2, 0.25) is 0 Å². The van der Waals surface area contributed by atoms with Crippen molar-refractivity contribution in [3.8, 4) is 5.75 Å². The molecule has 0 radical (unpaired) electrons. The van der Waals surface area contributed by atoms with E-state index in [1.54, 1.807) is 11.8 Å². The second-order valence-electron chi connectivity index (χ2n) is 6.77. The van der Waals surface area contributed by atoms with Gasteiger partial charge in [0.25, 0.3) is 0 Å². The number of hydrogen-bond donors (Lipinski definition) is 2. The van der Waals surface area contributed by atoms with Crippen molar-refractivity contribution >= 4 is 5.84 Å². The smallest absolute Gasteiger partial charge is 0.160 e. The SMILES string of the molecule is COc1c(C)cc(Cc2c(C)nn(CC(N)=NO)c2C)c2c1CCC2. The maximum absolute atomic E-state index is 8.79. The summed E-state index contributed by atoms with van der Waals surface area (Å²) >= 11 is 0. The molecule has 0 saturated heterocycles. The highest BCUT2D eigenvalue weighted by Gasteiger charge is 2.23. The van der Waals surface area contributed by atoms with Gasteiger partial charge in [0.15, 0.2) is 5.84 Å². The molecule has 1 aliphatic carbocycles. The van der Waals surface area contributed by atoms with Crippen LogP contribution < -0.4 is 10.5 Å². The Morgan fingerprint density at radius 2 is 2.04 bits per heavy atom. The van der Waals surface area contributed by atoms with Crippen LogP contribution in [0.3, 0.4) is 0 Å². The largest absolute Gasteiger partial charge is 0.496 e. The van der Waals surface area contributed by atoms with Crippen LogP contribution in [0.15, 0.2) is 11.2 Å². The zero-order valence-electron chi connectivity index (χ0n) is 15.4. The van der Waals surface area contributed by atoms with Crippen molar-refractivity contribution in [2.24, 2.45) is 10.9 Å². The molecule has 0 unspecified atom stereocenters. The normalized spacial score (nSPS) is 14.0. The minimum atomic E-state index is 0.151. The molecule has 6 nitrogen and oxygen atoms in total. The molecule has 1 aromatic heterocycles. The third kappa shape index (κ3) is 3.08. The molecule has 3 N–H and O–H groups in total. The Balaban J connectivity index is 1.99. The Morgan fingerprint density at radius 1 is 1.32 bits per heavy atom. The summed E-state index contributed by atoms with van der Waals surface area (Å²) in [4.78, 5) is 0. The average Bonchev–Trinajstić information content (AvgIpc) is 3.16.